The van der Waals surface area contributed by atoms with Gasteiger partial charge in [-0.25, -0.2) is 9.59 Å². The van der Waals surface area contributed by atoms with E-state index in [0.717, 1.165) is 23.3 Å². The van der Waals surface area contributed by atoms with Crippen LogP contribution in [0.5, 0.6) is 5.75 Å². The first kappa shape index (κ1) is 28.2. The molecule has 1 atom stereocenters. The number of phenols is 1. The van der Waals surface area contributed by atoms with E-state index in [1.807, 2.05) is 13.8 Å². The van der Waals surface area contributed by atoms with Gasteiger partial charge in [0.05, 0.1) is 13.0 Å². The number of nitrogens with zero attached hydrogens (tertiary/aromatic N) is 2. The summed E-state index contributed by atoms with van der Waals surface area (Å²) >= 11 is 1.40. The Labute approximate surface area is 198 Å². The highest BCUT2D eigenvalue weighted by atomic mass is 32.2. The van der Waals surface area contributed by atoms with Gasteiger partial charge in [0.1, 0.15) is 5.75 Å². The number of nitrogens with one attached hydrogen (secondary N) is 1. The quantitative estimate of drug-likeness (QED) is 0.188. The standard InChI is InChI=1S/C22H33N3O7S/c1-15(2)7-8-16(14-33-18-11-9-17(26)10-12-18)20(28)25(31)21(29)23-13-5-6-19(27)24(3)22(30)32-4/h9-12,15-16,26,31H,5-8,13-14H2,1-4H3,(H,23,29)/t16-/m1/s1. The van der Waals surface area contributed by atoms with Crippen molar-refractivity contribution in [3.63, 3.8) is 0 Å². The minimum atomic E-state index is -0.974. The molecule has 0 aliphatic heterocycles. The number of carbonyl (C=O) groups is 4. The Bertz CT molecular complexity index is 802. The highest BCUT2D eigenvalue weighted by molar-refractivity contribution is 7.99. The average Bonchev–Trinajstić information content (AvgIpc) is 2.80. The van der Waals surface area contributed by atoms with Gasteiger partial charge in [0.15, 0.2) is 0 Å². The first-order valence-electron chi connectivity index (χ1n) is 10.6. The molecule has 0 aliphatic rings. The molecule has 0 radical (unpaired) electrons. The van der Waals surface area contributed by atoms with Crippen molar-refractivity contribution in [2.45, 2.75) is 44.4 Å². The first-order valence-corrected chi connectivity index (χ1v) is 11.6. The number of aromatic hydroxyl groups is 1. The lowest BCUT2D eigenvalue weighted by Gasteiger charge is -2.21. The molecule has 0 aliphatic carbocycles. The summed E-state index contributed by atoms with van der Waals surface area (Å²) in [7, 11) is 2.45. The molecule has 0 bridgehead atoms. The predicted molar refractivity (Wildman–Crippen MR) is 123 cm³/mol. The van der Waals surface area contributed by atoms with Gasteiger partial charge in [0.25, 0.3) is 5.91 Å². The number of hydrogen-bond donors (Lipinski definition) is 3. The highest BCUT2D eigenvalue weighted by Gasteiger charge is 2.28. The summed E-state index contributed by atoms with van der Waals surface area (Å²) in [6.45, 7) is 4.08. The summed E-state index contributed by atoms with van der Waals surface area (Å²) in [5, 5.41) is 22.0. The van der Waals surface area contributed by atoms with Crippen LogP contribution in [0.15, 0.2) is 29.2 Å². The van der Waals surface area contributed by atoms with E-state index in [1.165, 1.54) is 18.8 Å². The minimum Gasteiger partial charge on any atom is -0.508 e. The Morgan fingerprint density at radius 1 is 1.12 bits per heavy atom. The summed E-state index contributed by atoms with van der Waals surface area (Å²) in [4.78, 5) is 49.8. The number of ether oxygens (including phenoxy) is 1. The Hall–Kier alpha value is -2.79. The molecular weight excluding hydrogens is 450 g/mol. The second-order valence-electron chi connectivity index (χ2n) is 7.88. The molecule has 0 aromatic heterocycles. The Morgan fingerprint density at radius 2 is 1.76 bits per heavy atom. The van der Waals surface area contributed by atoms with Gasteiger partial charge in [-0.1, -0.05) is 20.3 Å². The highest BCUT2D eigenvalue weighted by Crippen LogP contribution is 2.26. The van der Waals surface area contributed by atoms with Crippen molar-refractivity contribution in [1.82, 2.24) is 15.3 Å². The number of carbonyl (C=O) groups excluding carboxylic acids is 4. The Kier molecular flexibility index (Phi) is 12.3. The molecule has 1 aromatic carbocycles. The lowest BCUT2D eigenvalue weighted by atomic mass is 9.98. The molecule has 1 rings (SSSR count). The maximum absolute atomic E-state index is 12.8. The van der Waals surface area contributed by atoms with Crippen LogP contribution in [0.3, 0.4) is 0 Å². The molecule has 1 aromatic rings. The third-order valence-electron chi connectivity index (χ3n) is 4.80. The third kappa shape index (κ3) is 10.1. The number of thioether (sulfide) groups is 1. The number of amides is 5. The van der Waals surface area contributed by atoms with Gasteiger partial charge in [-0.3, -0.25) is 19.7 Å². The predicted octanol–water partition coefficient (Wildman–Crippen LogP) is 3.47. The van der Waals surface area contributed by atoms with E-state index in [9.17, 15) is 29.5 Å². The first-order chi connectivity index (χ1) is 15.6. The molecule has 33 heavy (non-hydrogen) atoms. The number of hydroxylamine groups is 2. The van der Waals surface area contributed by atoms with Crippen LogP contribution in [0.1, 0.15) is 39.5 Å². The Balaban J connectivity index is 2.59. The van der Waals surface area contributed by atoms with E-state index in [4.69, 9.17) is 0 Å². The van der Waals surface area contributed by atoms with Crippen molar-refractivity contribution in [2.24, 2.45) is 11.8 Å². The molecule has 11 heteroatoms. The minimum absolute atomic E-state index is 0.0223. The van der Waals surface area contributed by atoms with Crippen LogP contribution in [0.4, 0.5) is 9.59 Å². The van der Waals surface area contributed by atoms with Gasteiger partial charge < -0.3 is 15.2 Å². The maximum Gasteiger partial charge on any atom is 0.415 e. The normalized spacial score (nSPS) is 11.6. The molecule has 184 valence electrons. The van der Waals surface area contributed by atoms with Crippen molar-refractivity contribution in [3.05, 3.63) is 24.3 Å². The summed E-state index contributed by atoms with van der Waals surface area (Å²) < 4.78 is 4.45. The van der Waals surface area contributed by atoms with Crippen LogP contribution in [-0.4, -0.2) is 70.7 Å². The van der Waals surface area contributed by atoms with E-state index in [-0.39, 0.29) is 30.2 Å². The summed E-state index contributed by atoms with van der Waals surface area (Å²) in [6.07, 6.45) is 0.652. The number of hydrogen-bond acceptors (Lipinski definition) is 8. The summed E-state index contributed by atoms with van der Waals surface area (Å²) in [5.74, 6) is -0.926. The maximum atomic E-state index is 12.8. The molecule has 0 spiro atoms. The zero-order valence-corrected chi connectivity index (χ0v) is 20.3. The lowest BCUT2D eigenvalue weighted by molar-refractivity contribution is -0.157. The van der Waals surface area contributed by atoms with E-state index in [1.54, 1.807) is 24.3 Å². The molecule has 5 amide bonds. The molecular formula is C22H33N3O7S. The van der Waals surface area contributed by atoms with Crippen LogP contribution >= 0.6 is 11.8 Å². The largest absolute Gasteiger partial charge is 0.508 e. The van der Waals surface area contributed by atoms with Gasteiger partial charge in [-0.05, 0) is 43.0 Å². The molecule has 0 saturated carbocycles. The van der Waals surface area contributed by atoms with E-state index >= 15 is 0 Å². The number of benzene rings is 1. The van der Waals surface area contributed by atoms with Gasteiger partial charge in [0.2, 0.25) is 5.91 Å². The summed E-state index contributed by atoms with van der Waals surface area (Å²) in [5.41, 5.74) is 0. The van der Waals surface area contributed by atoms with Crippen LogP contribution in [0.25, 0.3) is 0 Å². The number of methoxy groups -OCH3 is 1. The van der Waals surface area contributed by atoms with Crippen molar-refractivity contribution in [2.75, 3.05) is 26.5 Å². The van der Waals surface area contributed by atoms with E-state index in [2.05, 4.69) is 10.1 Å². The smallest absolute Gasteiger partial charge is 0.415 e. The van der Waals surface area contributed by atoms with Gasteiger partial charge in [-0.2, -0.15) is 0 Å². The van der Waals surface area contributed by atoms with Crippen LogP contribution in [-0.2, 0) is 14.3 Å². The lowest BCUT2D eigenvalue weighted by Crippen LogP contribution is -2.45. The van der Waals surface area contributed by atoms with Gasteiger partial charge in [0, 0.05) is 30.7 Å². The fourth-order valence-electron chi connectivity index (χ4n) is 2.74. The van der Waals surface area contributed by atoms with Gasteiger partial charge in [-0.15, -0.1) is 16.8 Å². The zero-order valence-electron chi connectivity index (χ0n) is 19.4. The van der Waals surface area contributed by atoms with E-state index in [0.29, 0.717) is 18.1 Å². The average molecular weight is 484 g/mol. The molecule has 0 unspecified atom stereocenters. The molecule has 0 saturated heterocycles. The zero-order chi connectivity index (χ0) is 25.0. The number of urea groups is 1. The Morgan fingerprint density at radius 3 is 2.33 bits per heavy atom. The van der Waals surface area contributed by atoms with E-state index < -0.39 is 29.9 Å². The van der Waals surface area contributed by atoms with Crippen LogP contribution in [0, 0.1) is 11.8 Å². The third-order valence-corrected chi connectivity index (χ3v) is 5.97. The van der Waals surface area contributed by atoms with Crippen molar-refractivity contribution >= 4 is 35.7 Å². The number of imide groups is 2. The van der Waals surface area contributed by atoms with Crippen LogP contribution in [0.2, 0.25) is 0 Å². The monoisotopic (exact) mass is 483 g/mol. The van der Waals surface area contributed by atoms with Crippen LogP contribution < -0.4 is 5.32 Å². The second-order valence-corrected chi connectivity index (χ2v) is 8.97. The molecule has 3 N–H and O–H groups in total. The molecule has 10 nitrogen and oxygen atoms in total. The van der Waals surface area contributed by atoms with Crippen molar-refractivity contribution in [3.8, 4) is 5.75 Å². The second kappa shape index (κ2) is 14.4. The molecule has 0 fully saturated rings. The fraction of sp³-hybridized carbons (Fsp3) is 0.545. The SMILES string of the molecule is COC(=O)N(C)C(=O)CCCNC(=O)N(O)C(=O)[C@H](CCC(C)C)CSc1ccc(O)cc1. The topological polar surface area (TPSA) is 136 Å². The van der Waals surface area contributed by atoms with Crippen molar-refractivity contribution in [1.29, 1.82) is 0 Å². The van der Waals surface area contributed by atoms with Crippen molar-refractivity contribution < 1.29 is 34.2 Å². The molecule has 0 heterocycles. The number of rotatable bonds is 11. The summed E-state index contributed by atoms with van der Waals surface area (Å²) in [6, 6.07) is 5.58. The fourth-order valence-corrected chi connectivity index (χ4v) is 3.77. The van der Waals surface area contributed by atoms with Gasteiger partial charge >= 0.3 is 12.1 Å². The number of phenolic OH excluding ortho intramolecular Hbond substituents is 1.